The summed E-state index contributed by atoms with van der Waals surface area (Å²) in [5.74, 6) is 0. The summed E-state index contributed by atoms with van der Waals surface area (Å²) < 4.78 is 17.5. The van der Waals surface area contributed by atoms with Crippen molar-refractivity contribution >= 4 is 6.09 Å². The summed E-state index contributed by atoms with van der Waals surface area (Å²) >= 11 is 0. The van der Waals surface area contributed by atoms with Crippen molar-refractivity contribution < 1.29 is 23.5 Å². The second-order valence-corrected chi connectivity index (χ2v) is 10.9. The van der Waals surface area contributed by atoms with Gasteiger partial charge in [-0.05, 0) is 19.8 Å². The molecule has 204 valence electrons. The van der Waals surface area contributed by atoms with Gasteiger partial charge < -0.3 is 24.0 Å². The number of methoxy groups -OCH3 is 1. The van der Waals surface area contributed by atoms with Gasteiger partial charge >= 0.3 is 6.09 Å². The third-order valence-electron chi connectivity index (χ3n) is 6.23. The number of hydrogen-bond donors (Lipinski definition) is 1. The Labute approximate surface area is 212 Å². The summed E-state index contributed by atoms with van der Waals surface area (Å²) in [5, 5.41) is 2.82. The first-order valence-corrected chi connectivity index (χ1v) is 14.1. The van der Waals surface area contributed by atoms with E-state index >= 15 is 0 Å². The molecule has 0 bridgehead atoms. The van der Waals surface area contributed by atoms with Gasteiger partial charge in [0.05, 0.1) is 33.4 Å². The van der Waals surface area contributed by atoms with Crippen molar-refractivity contribution in [2.75, 3.05) is 54.6 Å². The van der Waals surface area contributed by atoms with E-state index in [1.807, 2.05) is 6.92 Å². The lowest BCUT2D eigenvalue weighted by molar-refractivity contribution is -0.870. The number of ether oxygens (including phenoxy) is 3. The number of alkyl carbamates (subject to hydrolysis) is 1. The van der Waals surface area contributed by atoms with Crippen molar-refractivity contribution in [1.82, 2.24) is 5.32 Å². The molecule has 0 aliphatic heterocycles. The predicted octanol–water partition coefficient (Wildman–Crippen LogP) is 6.71. The lowest BCUT2D eigenvalue weighted by Gasteiger charge is -2.24. The first kappa shape index (κ1) is 33.1. The summed E-state index contributed by atoms with van der Waals surface area (Å²) in [6, 6.07) is 0. The average molecular weight is 488 g/mol. The van der Waals surface area contributed by atoms with Gasteiger partial charge in [-0.2, -0.15) is 0 Å². The minimum atomic E-state index is -0.367. The number of amides is 1. The highest BCUT2D eigenvalue weighted by atomic mass is 16.5. The molecule has 0 aromatic heterocycles. The number of rotatable bonds is 24. The molecule has 0 aliphatic carbocycles. The monoisotopic (exact) mass is 487 g/mol. The van der Waals surface area contributed by atoms with Crippen LogP contribution in [0.4, 0.5) is 4.79 Å². The number of nitrogens with zero attached hydrogens (tertiary/aromatic N) is 1. The predicted molar refractivity (Wildman–Crippen MR) is 143 cm³/mol. The van der Waals surface area contributed by atoms with Crippen LogP contribution in [0.5, 0.6) is 0 Å². The van der Waals surface area contributed by atoms with E-state index in [0.29, 0.717) is 19.8 Å². The van der Waals surface area contributed by atoms with Gasteiger partial charge in [-0.3, -0.25) is 0 Å². The quantitative estimate of drug-likeness (QED) is 0.121. The number of carbonyl (C=O) groups excluding carboxylic acids is 1. The van der Waals surface area contributed by atoms with Gasteiger partial charge in [0.25, 0.3) is 0 Å². The SMILES string of the molecule is CCCCCCCCCCCCCCCC(CCOC)OC(C)CNC(=O)OCC[N+](C)(C)C. The molecule has 0 saturated heterocycles. The third kappa shape index (κ3) is 24.3. The molecule has 6 nitrogen and oxygen atoms in total. The molecule has 0 heterocycles. The standard InChI is InChI=1S/C28H58N2O4/c1-7-8-9-10-11-12-13-14-15-16-17-18-19-20-27(21-23-32-6)34-26(2)25-29-28(31)33-24-22-30(3,4)5/h26-27H,7-25H2,1-6H3/p+1. The van der Waals surface area contributed by atoms with Crippen LogP contribution in [0, 0.1) is 0 Å². The molecule has 0 aromatic rings. The number of carbonyl (C=O) groups is 1. The van der Waals surface area contributed by atoms with E-state index in [0.717, 1.165) is 23.9 Å². The Hall–Kier alpha value is -0.850. The number of nitrogens with one attached hydrogen (secondary N) is 1. The summed E-state index contributed by atoms with van der Waals surface area (Å²) in [5.41, 5.74) is 0. The molecule has 0 rings (SSSR count). The van der Waals surface area contributed by atoms with Crippen molar-refractivity contribution in [3.63, 3.8) is 0 Å². The molecule has 0 fully saturated rings. The van der Waals surface area contributed by atoms with Crippen LogP contribution in [0.1, 0.15) is 110 Å². The normalized spacial score (nSPS) is 13.6. The first-order valence-electron chi connectivity index (χ1n) is 14.1. The summed E-state index contributed by atoms with van der Waals surface area (Å²) in [6.45, 7) is 6.66. The molecule has 0 saturated carbocycles. The highest BCUT2D eigenvalue weighted by molar-refractivity contribution is 5.67. The number of unbranched alkanes of at least 4 members (excludes halogenated alkanes) is 12. The molecule has 0 aliphatic rings. The highest BCUT2D eigenvalue weighted by Crippen LogP contribution is 2.16. The zero-order chi connectivity index (χ0) is 25.5. The van der Waals surface area contributed by atoms with Crippen LogP contribution < -0.4 is 5.32 Å². The molecule has 0 aromatic carbocycles. The largest absolute Gasteiger partial charge is 0.444 e. The molecule has 2 unspecified atom stereocenters. The maximum Gasteiger partial charge on any atom is 0.407 e. The Kier molecular flexibility index (Phi) is 22.0. The Morgan fingerprint density at radius 2 is 1.32 bits per heavy atom. The fourth-order valence-electron chi connectivity index (χ4n) is 3.99. The van der Waals surface area contributed by atoms with Gasteiger partial charge in [0.2, 0.25) is 0 Å². The van der Waals surface area contributed by atoms with Gasteiger partial charge in [-0.15, -0.1) is 0 Å². The van der Waals surface area contributed by atoms with E-state index in [2.05, 4.69) is 33.4 Å². The van der Waals surface area contributed by atoms with Crippen molar-refractivity contribution in [3.8, 4) is 0 Å². The Balaban J connectivity index is 3.84. The van der Waals surface area contributed by atoms with Crippen molar-refractivity contribution in [3.05, 3.63) is 0 Å². The molecule has 1 N–H and O–H groups in total. The number of quaternary nitrogens is 1. The second-order valence-electron chi connectivity index (χ2n) is 10.9. The van der Waals surface area contributed by atoms with Crippen LogP contribution in [0.15, 0.2) is 0 Å². The summed E-state index contributed by atoms with van der Waals surface area (Å²) in [6.07, 6.45) is 19.5. The Bertz CT molecular complexity index is 454. The van der Waals surface area contributed by atoms with E-state index in [4.69, 9.17) is 14.2 Å². The maximum absolute atomic E-state index is 11.9. The van der Waals surface area contributed by atoms with E-state index in [1.54, 1.807) is 7.11 Å². The molecule has 1 amide bonds. The zero-order valence-electron chi connectivity index (χ0n) is 23.7. The molecule has 0 radical (unpaired) electrons. The Morgan fingerprint density at radius 3 is 1.82 bits per heavy atom. The van der Waals surface area contributed by atoms with Crippen molar-refractivity contribution in [1.29, 1.82) is 0 Å². The smallest absolute Gasteiger partial charge is 0.407 e. The van der Waals surface area contributed by atoms with Gasteiger partial charge in [0.15, 0.2) is 0 Å². The zero-order valence-corrected chi connectivity index (χ0v) is 23.7. The molecule has 34 heavy (non-hydrogen) atoms. The van der Waals surface area contributed by atoms with Crippen LogP contribution >= 0.6 is 0 Å². The van der Waals surface area contributed by atoms with Crippen LogP contribution in [0.3, 0.4) is 0 Å². The van der Waals surface area contributed by atoms with E-state index in [1.165, 1.54) is 83.5 Å². The van der Waals surface area contributed by atoms with Crippen LogP contribution in [-0.4, -0.2) is 77.3 Å². The van der Waals surface area contributed by atoms with Crippen molar-refractivity contribution in [2.24, 2.45) is 0 Å². The van der Waals surface area contributed by atoms with Gasteiger partial charge in [-0.25, -0.2) is 4.79 Å². The maximum atomic E-state index is 11.9. The number of likely N-dealkylation sites (N-methyl/N-ethyl adjacent to an activating group) is 1. The lowest BCUT2D eigenvalue weighted by Crippen LogP contribution is -2.40. The minimum absolute atomic E-state index is 0.0465. The molecular formula is C28H59N2O4+. The Morgan fingerprint density at radius 1 is 0.794 bits per heavy atom. The highest BCUT2D eigenvalue weighted by Gasteiger charge is 2.15. The van der Waals surface area contributed by atoms with Gasteiger partial charge in [0, 0.05) is 20.3 Å². The topological polar surface area (TPSA) is 56.8 Å². The molecule has 2 atom stereocenters. The minimum Gasteiger partial charge on any atom is -0.444 e. The average Bonchev–Trinajstić information content (AvgIpc) is 2.78. The first-order chi connectivity index (χ1) is 16.3. The van der Waals surface area contributed by atoms with Gasteiger partial charge in [-0.1, -0.05) is 90.4 Å². The number of hydrogen-bond acceptors (Lipinski definition) is 4. The van der Waals surface area contributed by atoms with E-state index in [9.17, 15) is 4.79 Å². The van der Waals surface area contributed by atoms with Crippen LogP contribution in [0.2, 0.25) is 0 Å². The third-order valence-corrected chi connectivity index (χ3v) is 6.23. The molecular weight excluding hydrogens is 428 g/mol. The molecule has 0 spiro atoms. The van der Waals surface area contributed by atoms with E-state index in [-0.39, 0.29) is 18.3 Å². The van der Waals surface area contributed by atoms with E-state index < -0.39 is 0 Å². The molecule has 6 heteroatoms. The van der Waals surface area contributed by atoms with Crippen LogP contribution in [0.25, 0.3) is 0 Å². The van der Waals surface area contributed by atoms with Crippen molar-refractivity contribution in [2.45, 2.75) is 122 Å². The fraction of sp³-hybridized carbons (Fsp3) is 0.964. The van der Waals surface area contributed by atoms with Gasteiger partial charge in [0.1, 0.15) is 13.2 Å². The second kappa shape index (κ2) is 22.6. The summed E-state index contributed by atoms with van der Waals surface area (Å²) in [4.78, 5) is 11.9. The summed E-state index contributed by atoms with van der Waals surface area (Å²) in [7, 11) is 7.97. The fourth-order valence-corrected chi connectivity index (χ4v) is 3.99. The van der Waals surface area contributed by atoms with Crippen LogP contribution in [-0.2, 0) is 14.2 Å². The lowest BCUT2D eigenvalue weighted by atomic mass is 10.0.